The molecule has 36 heavy (non-hydrogen) atoms. The number of carbonyl (C=O) groups is 3. The van der Waals surface area contributed by atoms with E-state index in [1.54, 1.807) is 35.8 Å². The number of rotatable bonds is 6. The molecule has 0 bridgehead atoms. The lowest BCUT2D eigenvalue weighted by molar-refractivity contribution is -0.145. The van der Waals surface area contributed by atoms with Gasteiger partial charge in [-0.2, -0.15) is 10.4 Å². The van der Waals surface area contributed by atoms with Gasteiger partial charge in [0.25, 0.3) is 0 Å². The highest BCUT2D eigenvalue weighted by Crippen LogP contribution is 2.65. The van der Waals surface area contributed by atoms with Crippen LogP contribution in [0, 0.1) is 34.0 Å². The Labute approximate surface area is 210 Å². The van der Waals surface area contributed by atoms with Crippen LogP contribution in [0.5, 0.6) is 0 Å². The highest BCUT2D eigenvalue weighted by Gasteiger charge is 2.69. The van der Waals surface area contributed by atoms with Crippen molar-refractivity contribution in [2.24, 2.45) is 22.7 Å². The zero-order valence-electron chi connectivity index (χ0n) is 21.5. The number of hydrogen-bond acceptors (Lipinski definition) is 6. The van der Waals surface area contributed by atoms with Crippen molar-refractivity contribution >= 4 is 17.7 Å². The van der Waals surface area contributed by atoms with Gasteiger partial charge in [0.2, 0.25) is 17.7 Å². The van der Waals surface area contributed by atoms with Crippen molar-refractivity contribution < 1.29 is 14.4 Å². The molecule has 0 spiro atoms. The van der Waals surface area contributed by atoms with Crippen molar-refractivity contribution in [3.05, 3.63) is 36.4 Å². The number of aromatic nitrogens is 3. The molecule has 2 unspecified atom stereocenters. The standard InChI is InChI=1S/C26H33N7O3/c1-14(34)31-22(25(2,3)4)24(36)33-13-18-20(26(18,5)6)21(33)23(35)32-19(8-27)16-7-15(9-28-10-16)17-11-29-30-12-17/h7,9-12,18-22H,13H2,1-6H3,(H,29,30)(H,31,34)(H,32,35)/t18-,19?,20-,21-,22?/m0/s1. The number of carbonyl (C=O) groups excluding carboxylic acids is 3. The van der Waals surface area contributed by atoms with Crippen LogP contribution in [-0.4, -0.2) is 56.4 Å². The van der Waals surface area contributed by atoms with E-state index in [4.69, 9.17) is 0 Å². The number of nitrogens with one attached hydrogen (secondary N) is 3. The van der Waals surface area contributed by atoms with Gasteiger partial charge in [-0.3, -0.25) is 24.5 Å². The van der Waals surface area contributed by atoms with E-state index in [1.165, 1.54) is 6.92 Å². The molecule has 2 aliphatic rings. The summed E-state index contributed by atoms with van der Waals surface area (Å²) in [5.41, 5.74) is 1.49. The second kappa shape index (κ2) is 9.04. The maximum absolute atomic E-state index is 13.7. The Morgan fingerprint density at radius 2 is 1.92 bits per heavy atom. The molecule has 0 radical (unpaired) electrons. The Kier molecular flexibility index (Phi) is 6.37. The first-order valence-electron chi connectivity index (χ1n) is 12.1. The third kappa shape index (κ3) is 4.57. The summed E-state index contributed by atoms with van der Waals surface area (Å²) in [7, 11) is 0. The number of nitriles is 1. The molecule has 190 valence electrons. The molecule has 1 saturated heterocycles. The van der Waals surface area contributed by atoms with E-state index in [0.29, 0.717) is 12.1 Å². The number of fused-ring (bicyclic) bond motifs is 1. The predicted octanol–water partition coefficient (Wildman–Crippen LogP) is 2.19. The van der Waals surface area contributed by atoms with Crippen LogP contribution in [0.1, 0.15) is 53.1 Å². The Bertz CT molecular complexity index is 1210. The minimum atomic E-state index is -0.941. The SMILES string of the molecule is CC(=O)NC(C(=O)N1C[C@H]2[C@@H]([C@H]1C(=O)NC(C#N)c1cncc(-c3cn[nH]c3)c1)C2(C)C)C(C)(C)C. The van der Waals surface area contributed by atoms with Crippen LogP contribution < -0.4 is 10.6 Å². The molecule has 5 atom stereocenters. The summed E-state index contributed by atoms with van der Waals surface area (Å²) in [5, 5.41) is 22.2. The minimum absolute atomic E-state index is 0.0193. The van der Waals surface area contributed by atoms with E-state index in [-0.39, 0.29) is 35.0 Å². The van der Waals surface area contributed by atoms with Gasteiger partial charge in [-0.05, 0) is 28.7 Å². The van der Waals surface area contributed by atoms with Crippen LogP contribution in [0.3, 0.4) is 0 Å². The molecule has 10 heteroatoms. The smallest absolute Gasteiger partial charge is 0.246 e. The summed E-state index contributed by atoms with van der Waals surface area (Å²) in [6.07, 6.45) is 6.58. The largest absolute Gasteiger partial charge is 0.344 e. The maximum Gasteiger partial charge on any atom is 0.246 e. The highest BCUT2D eigenvalue weighted by molar-refractivity contribution is 5.94. The van der Waals surface area contributed by atoms with Crippen molar-refractivity contribution in [3.63, 3.8) is 0 Å². The van der Waals surface area contributed by atoms with Gasteiger partial charge in [0, 0.05) is 48.7 Å². The fourth-order valence-corrected chi connectivity index (χ4v) is 5.43. The Morgan fingerprint density at radius 1 is 1.19 bits per heavy atom. The number of pyridine rings is 1. The monoisotopic (exact) mass is 491 g/mol. The lowest BCUT2D eigenvalue weighted by atomic mass is 9.85. The molecule has 3 heterocycles. The van der Waals surface area contributed by atoms with Gasteiger partial charge in [0.1, 0.15) is 18.1 Å². The van der Waals surface area contributed by atoms with Gasteiger partial charge in [-0.25, -0.2) is 0 Å². The van der Waals surface area contributed by atoms with Gasteiger partial charge in [-0.1, -0.05) is 34.6 Å². The minimum Gasteiger partial charge on any atom is -0.344 e. The number of aromatic amines is 1. The van der Waals surface area contributed by atoms with Crippen molar-refractivity contribution in [3.8, 4) is 17.2 Å². The van der Waals surface area contributed by atoms with Gasteiger partial charge in [0.05, 0.1) is 12.3 Å². The second-order valence-corrected chi connectivity index (χ2v) is 11.5. The van der Waals surface area contributed by atoms with Crippen LogP contribution in [0.15, 0.2) is 30.9 Å². The van der Waals surface area contributed by atoms with Gasteiger partial charge in [0.15, 0.2) is 0 Å². The van der Waals surface area contributed by atoms with E-state index < -0.39 is 23.5 Å². The molecule has 2 aromatic rings. The average Bonchev–Trinajstić information content (AvgIpc) is 3.27. The number of amides is 3. The molecule has 0 aromatic carbocycles. The molecule has 1 aliphatic heterocycles. The Balaban J connectivity index is 1.59. The summed E-state index contributed by atoms with van der Waals surface area (Å²) in [6, 6.07) is 1.51. The second-order valence-electron chi connectivity index (χ2n) is 11.5. The molecule has 10 nitrogen and oxygen atoms in total. The summed E-state index contributed by atoms with van der Waals surface area (Å²) in [4.78, 5) is 45.0. The first-order chi connectivity index (χ1) is 16.9. The van der Waals surface area contributed by atoms with Gasteiger partial charge >= 0.3 is 0 Å². The molecule has 2 fully saturated rings. The van der Waals surface area contributed by atoms with Crippen LogP contribution in [0.25, 0.3) is 11.1 Å². The number of H-pyrrole nitrogens is 1. The van der Waals surface area contributed by atoms with Crippen molar-refractivity contribution in [2.75, 3.05) is 6.54 Å². The van der Waals surface area contributed by atoms with Crippen LogP contribution in [0.2, 0.25) is 0 Å². The molecule has 3 amide bonds. The molecule has 3 N–H and O–H groups in total. The van der Waals surface area contributed by atoms with Crippen molar-refractivity contribution in [1.82, 2.24) is 30.7 Å². The Hall–Kier alpha value is -3.74. The highest BCUT2D eigenvalue weighted by atomic mass is 16.2. The fourth-order valence-electron chi connectivity index (χ4n) is 5.43. The summed E-state index contributed by atoms with van der Waals surface area (Å²) < 4.78 is 0. The normalized spacial score (nSPS) is 23.7. The molecule has 2 aromatic heterocycles. The van der Waals surface area contributed by atoms with Gasteiger partial charge < -0.3 is 15.5 Å². The van der Waals surface area contributed by atoms with Crippen LogP contribution in [-0.2, 0) is 14.4 Å². The maximum atomic E-state index is 13.7. The number of hydrogen-bond donors (Lipinski definition) is 3. The first-order valence-corrected chi connectivity index (χ1v) is 12.1. The van der Waals surface area contributed by atoms with E-state index in [9.17, 15) is 19.6 Å². The molecular formula is C26H33N7O3. The zero-order chi connectivity index (χ0) is 26.4. The molecule has 1 saturated carbocycles. The average molecular weight is 492 g/mol. The zero-order valence-corrected chi connectivity index (χ0v) is 21.5. The first kappa shape index (κ1) is 25.4. The fraction of sp³-hybridized carbons (Fsp3) is 0.538. The van der Waals surface area contributed by atoms with E-state index >= 15 is 0 Å². The molecule has 1 aliphatic carbocycles. The van der Waals surface area contributed by atoms with Crippen molar-refractivity contribution in [2.45, 2.75) is 59.7 Å². The predicted molar refractivity (Wildman–Crippen MR) is 132 cm³/mol. The molecule has 4 rings (SSSR count). The number of piperidine rings is 1. The summed E-state index contributed by atoms with van der Waals surface area (Å²) in [5.74, 6) is -0.797. The van der Waals surface area contributed by atoms with Crippen molar-refractivity contribution in [1.29, 1.82) is 5.26 Å². The van der Waals surface area contributed by atoms with Crippen LogP contribution in [0.4, 0.5) is 0 Å². The summed E-state index contributed by atoms with van der Waals surface area (Å²) in [6.45, 7) is 11.7. The quantitative estimate of drug-likeness (QED) is 0.565. The van der Waals surface area contributed by atoms with Crippen LogP contribution >= 0.6 is 0 Å². The van der Waals surface area contributed by atoms with E-state index in [2.05, 4.69) is 45.7 Å². The number of nitrogens with zero attached hydrogens (tertiary/aromatic N) is 4. The number of likely N-dealkylation sites (tertiary alicyclic amines) is 1. The Morgan fingerprint density at radius 3 is 2.50 bits per heavy atom. The topological polar surface area (TPSA) is 144 Å². The third-order valence-electron chi connectivity index (χ3n) is 7.56. The molecular weight excluding hydrogens is 458 g/mol. The van der Waals surface area contributed by atoms with Gasteiger partial charge in [-0.15, -0.1) is 0 Å². The lowest BCUT2D eigenvalue weighted by Crippen LogP contribution is -2.59. The third-order valence-corrected chi connectivity index (χ3v) is 7.56. The van der Waals surface area contributed by atoms with E-state index in [1.807, 2.05) is 20.8 Å². The van der Waals surface area contributed by atoms with E-state index in [0.717, 1.165) is 11.1 Å². The summed E-state index contributed by atoms with van der Waals surface area (Å²) >= 11 is 0. The lowest BCUT2D eigenvalue weighted by Gasteiger charge is -2.37.